The molecule has 4 rings (SSSR count). The summed E-state index contributed by atoms with van der Waals surface area (Å²) in [6.07, 6.45) is 5.75. The van der Waals surface area contributed by atoms with E-state index in [-0.39, 0.29) is 0 Å². The van der Waals surface area contributed by atoms with Crippen LogP contribution >= 0.6 is 0 Å². The summed E-state index contributed by atoms with van der Waals surface area (Å²) < 4.78 is 7.47. The molecule has 0 saturated carbocycles. The maximum atomic E-state index is 5.57. The monoisotopic (exact) mass is 323 g/mol. The molecule has 3 heterocycles. The minimum atomic E-state index is 0.472. The third kappa shape index (κ3) is 3.23. The molecule has 1 fully saturated rings. The Morgan fingerprint density at radius 2 is 2.12 bits per heavy atom. The highest BCUT2D eigenvalue weighted by Gasteiger charge is 2.26. The highest BCUT2D eigenvalue weighted by Crippen LogP contribution is 2.24. The lowest BCUT2D eigenvalue weighted by molar-refractivity contribution is 0.195. The zero-order valence-electron chi connectivity index (χ0n) is 13.8. The first-order valence-corrected chi connectivity index (χ1v) is 8.37. The first-order chi connectivity index (χ1) is 11.8. The molecule has 1 aliphatic rings. The lowest BCUT2D eigenvalue weighted by Gasteiger charge is -2.22. The number of nitrogens with zero attached hydrogens (tertiary/aromatic N) is 5. The molecule has 0 spiro atoms. The fraction of sp³-hybridized carbons (Fsp3) is 0.389. The average molecular weight is 323 g/mol. The molecule has 1 aromatic carbocycles. The van der Waals surface area contributed by atoms with E-state index in [1.54, 1.807) is 12.7 Å². The van der Waals surface area contributed by atoms with E-state index in [1.807, 2.05) is 4.68 Å². The summed E-state index contributed by atoms with van der Waals surface area (Å²) in [5, 5.41) is 8.44. The van der Waals surface area contributed by atoms with Gasteiger partial charge in [-0.05, 0) is 26.3 Å². The number of hydrogen-bond acceptors (Lipinski definition) is 5. The Bertz CT molecular complexity index is 778. The molecule has 0 aliphatic carbocycles. The van der Waals surface area contributed by atoms with Crippen molar-refractivity contribution < 1.29 is 4.52 Å². The Balaban J connectivity index is 1.44. The van der Waals surface area contributed by atoms with Crippen molar-refractivity contribution in [2.24, 2.45) is 0 Å². The van der Waals surface area contributed by atoms with Crippen LogP contribution < -0.4 is 0 Å². The van der Waals surface area contributed by atoms with Crippen molar-refractivity contribution in [1.29, 1.82) is 0 Å². The zero-order chi connectivity index (χ0) is 16.4. The molecule has 0 radical (unpaired) electrons. The van der Waals surface area contributed by atoms with Crippen molar-refractivity contribution in [1.82, 2.24) is 24.8 Å². The van der Waals surface area contributed by atoms with Crippen LogP contribution in [0.1, 0.15) is 24.2 Å². The molecule has 0 bridgehead atoms. The second kappa shape index (κ2) is 6.57. The standard InChI is InChI=1S/C18H21N5O/c1-14-4-6-15(7-5-14)18-9-17(24-21-18)11-22-8-2-3-16(22)10-23-13-19-12-20-23/h4-7,9,12-13,16H,2-3,8,10-11H2,1H3/t16-/m0/s1. The van der Waals surface area contributed by atoms with E-state index in [1.165, 1.54) is 18.4 Å². The van der Waals surface area contributed by atoms with E-state index in [0.717, 1.165) is 36.7 Å². The predicted octanol–water partition coefficient (Wildman–Crippen LogP) is 2.91. The first kappa shape index (κ1) is 15.1. The van der Waals surface area contributed by atoms with Gasteiger partial charge in [0.15, 0.2) is 5.76 Å². The molecule has 1 aliphatic heterocycles. The van der Waals surface area contributed by atoms with E-state index >= 15 is 0 Å². The van der Waals surface area contributed by atoms with Gasteiger partial charge in [0.1, 0.15) is 18.3 Å². The Morgan fingerprint density at radius 1 is 1.25 bits per heavy atom. The Morgan fingerprint density at radius 3 is 2.92 bits per heavy atom. The number of likely N-dealkylation sites (tertiary alicyclic amines) is 1. The van der Waals surface area contributed by atoms with Gasteiger partial charge in [-0.2, -0.15) is 5.10 Å². The molecule has 3 aromatic rings. The molecular weight excluding hydrogens is 302 g/mol. The van der Waals surface area contributed by atoms with Crippen LogP contribution in [0.2, 0.25) is 0 Å². The van der Waals surface area contributed by atoms with Crippen molar-refractivity contribution in [2.45, 2.75) is 38.9 Å². The lowest BCUT2D eigenvalue weighted by atomic mass is 10.1. The Hall–Kier alpha value is -2.47. The van der Waals surface area contributed by atoms with Gasteiger partial charge in [0.25, 0.3) is 0 Å². The molecule has 0 N–H and O–H groups in total. The fourth-order valence-electron chi connectivity index (χ4n) is 3.30. The van der Waals surface area contributed by atoms with Gasteiger partial charge < -0.3 is 4.52 Å². The lowest BCUT2D eigenvalue weighted by Crippen LogP contribution is -2.32. The van der Waals surface area contributed by atoms with Gasteiger partial charge in [-0.15, -0.1) is 0 Å². The Kier molecular flexibility index (Phi) is 4.13. The van der Waals surface area contributed by atoms with Crippen LogP contribution in [0.25, 0.3) is 11.3 Å². The van der Waals surface area contributed by atoms with Crippen molar-refractivity contribution in [3.63, 3.8) is 0 Å². The summed E-state index contributed by atoms with van der Waals surface area (Å²) in [5.41, 5.74) is 3.24. The van der Waals surface area contributed by atoms with Crippen LogP contribution in [0.3, 0.4) is 0 Å². The fourth-order valence-corrected chi connectivity index (χ4v) is 3.30. The van der Waals surface area contributed by atoms with Crippen molar-refractivity contribution >= 4 is 0 Å². The molecule has 124 valence electrons. The van der Waals surface area contributed by atoms with E-state index in [0.29, 0.717) is 6.04 Å². The summed E-state index contributed by atoms with van der Waals surface area (Å²) >= 11 is 0. The second-order valence-electron chi connectivity index (χ2n) is 6.43. The molecule has 6 heteroatoms. The van der Waals surface area contributed by atoms with Crippen LogP contribution in [0.15, 0.2) is 47.5 Å². The average Bonchev–Trinajstić information content (AvgIpc) is 3.32. The normalized spacial score (nSPS) is 18.3. The minimum absolute atomic E-state index is 0.472. The van der Waals surface area contributed by atoms with Gasteiger partial charge in [0.05, 0.1) is 13.1 Å². The molecule has 0 unspecified atom stereocenters. The van der Waals surface area contributed by atoms with Gasteiger partial charge in [0, 0.05) is 17.7 Å². The third-order valence-electron chi connectivity index (χ3n) is 4.63. The molecule has 1 atom stereocenters. The summed E-state index contributed by atoms with van der Waals surface area (Å²) in [7, 11) is 0. The number of aryl methyl sites for hydroxylation is 1. The van der Waals surface area contributed by atoms with Crippen molar-refractivity contribution in [2.75, 3.05) is 6.54 Å². The van der Waals surface area contributed by atoms with E-state index in [9.17, 15) is 0 Å². The summed E-state index contributed by atoms with van der Waals surface area (Å²) in [5.74, 6) is 0.913. The predicted molar refractivity (Wildman–Crippen MR) is 90.1 cm³/mol. The van der Waals surface area contributed by atoms with Crippen LogP contribution in [0, 0.1) is 6.92 Å². The highest BCUT2D eigenvalue weighted by atomic mass is 16.5. The molecule has 1 saturated heterocycles. The topological polar surface area (TPSA) is 60.0 Å². The number of rotatable bonds is 5. The second-order valence-corrected chi connectivity index (χ2v) is 6.43. The van der Waals surface area contributed by atoms with Gasteiger partial charge in [-0.25, -0.2) is 4.98 Å². The van der Waals surface area contributed by atoms with E-state index < -0.39 is 0 Å². The van der Waals surface area contributed by atoms with E-state index in [2.05, 4.69) is 57.4 Å². The summed E-state index contributed by atoms with van der Waals surface area (Å²) in [4.78, 5) is 6.47. The van der Waals surface area contributed by atoms with Crippen molar-refractivity contribution in [3.8, 4) is 11.3 Å². The van der Waals surface area contributed by atoms with E-state index in [4.69, 9.17) is 4.52 Å². The van der Waals surface area contributed by atoms with Crippen LogP contribution in [0.4, 0.5) is 0 Å². The molecule has 0 amide bonds. The largest absolute Gasteiger partial charge is 0.359 e. The van der Waals surface area contributed by atoms with Gasteiger partial charge in [0.2, 0.25) is 0 Å². The van der Waals surface area contributed by atoms with Crippen LogP contribution in [-0.4, -0.2) is 37.4 Å². The number of benzene rings is 1. The SMILES string of the molecule is Cc1ccc(-c2cc(CN3CCC[C@H]3Cn3cncn3)on2)cc1. The highest BCUT2D eigenvalue weighted by molar-refractivity contribution is 5.59. The zero-order valence-corrected chi connectivity index (χ0v) is 13.8. The smallest absolute Gasteiger partial charge is 0.151 e. The summed E-state index contributed by atoms with van der Waals surface area (Å²) in [6, 6.07) is 10.9. The molecule has 24 heavy (non-hydrogen) atoms. The quantitative estimate of drug-likeness (QED) is 0.722. The molecule has 6 nitrogen and oxygen atoms in total. The summed E-state index contributed by atoms with van der Waals surface area (Å²) in [6.45, 7) is 4.83. The number of hydrogen-bond donors (Lipinski definition) is 0. The van der Waals surface area contributed by atoms with Gasteiger partial charge in [-0.3, -0.25) is 9.58 Å². The van der Waals surface area contributed by atoms with Crippen LogP contribution in [-0.2, 0) is 13.1 Å². The van der Waals surface area contributed by atoms with Gasteiger partial charge >= 0.3 is 0 Å². The maximum absolute atomic E-state index is 5.57. The van der Waals surface area contributed by atoms with Crippen LogP contribution in [0.5, 0.6) is 0 Å². The Labute approximate surface area is 141 Å². The van der Waals surface area contributed by atoms with Crippen molar-refractivity contribution in [3.05, 3.63) is 54.3 Å². The molecule has 2 aromatic heterocycles. The van der Waals surface area contributed by atoms with Gasteiger partial charge in [-0.1, -0.05) is 35.0 Å². The molecular formula is C18H21N5O. The first-order valence-electron chi connectivity index (χ1n) is 8.37. The number of aromatic nitrogens is 4. The third-order valence-corrected chi connectivity index (χ3v) is 4.63. The maximum Gasteiger partial charge on any atom is 0.151 e. The minimum Gasteiger partial charge on any atom is -0.359 e.